The molecule has 0 saturated carbocycles. The lowest BCUT2D eigenvalue weighted by Crippen LogP contribution is -2.31. The fraction of sp³-hybridized carbons (Fsp3) is 0.357. The number of nitrogens with zero attached hydrogens (tertiary/aromatic N) is 1. The fourth-order valence-electron chi connectivity index (χ4n) is 1.46. The van der Waals surface area contributed by atoms with Gasteiger partial charge >= 0.3 is 5.97 Å². The molecule has 92 valence electrons. The van der Waals surface area contributed by atoms with Crippen LogP contribution >= 0.6 is 0 Å². The number of carbonyl (C=O) groups excluding carboxylic acids is 1. The molecule has 17 heavy (non-hydrogen) atoms. The Morgan fingerprint density at radius 2 is 2.00 bits per heavy atom. The predicted octanol–water partition coefficient (Wildman–Crippen LogP) is 2.54. The Labute approximate surface area is 103 Å². The van der Waals surface area contributed by atoms with Gasteiger partial charge in [-0.15, -0.1) is 0 Å². The molecule has 0 bridgehead atoms. The minimum absolute atomic E-state index is 0.164. The van der Waals surface area contributed by atoms with Crippen LogP contribution in [0.3, 0.4) is 0 Å². The highest BCUT2D eigenvalue weighted by molar-refractivity contribution is 5.87. The van der Waals surface area contributed by atoms with Crippen molar-refractivity contribution >= 4 is 12.0 Å². The smallest absolute Gasteiger partial charge is 0.332 e. The highest BCUT2D eigenvalue weighted by Crippen LogP contribution is 2.04. The molecule has 0 spiro atoms. The van der Waals surface area contributed by atoms with Gasteiger partial charge in [0.2, 0.25) is 0 Å². The summed E-state index contributed by atoms with van der Waals surface area (Å²) in [7, 11) is 3.78. The number of esters is 1. The molecule has 0 aromatic heterocycles. The van der Waals surface area contributed by atoms with Crippen molar-refractivity contribution in [2.24, 2.45) is 0 Å². The number of hydrogen-bond donors (Lipinski definition) is 0. The maximum absolute atomic E-state index is 11.6. The Morgan fingerprint density at radius 3 is 2.53 bits per heavy atom. The van der Waals surface area contributed by atoms with E-state index in [1.165, 1.54) is 6.08 Å². The second-order valence-electron chi connectivity index (χ2n) is 4.01. The molecular formula is C14H19NO2. The minimum atomic E-state index is -0.311. The van der Waals surface area contributed by atoms with Crippen LogP contribution in [0.25, 0.3) is 6.08 Å². The SMILES string of the molecule is CCC(OC(=O)/C=C/c1ccccc1)N(C)C. The summed E-state index contributed by atoms with van der Waals surface area (Å²) >= 11 is 0. The Bertz CT molecular complexity index is 371. The highest BCUT2D eigenvalue weighted by Gasteiger charge is 2.11. The molecule has 1 unspecified atom stereocenters. The van der Waals surface area contributed by atoms with Gasteiger partial charge in [-0.05, 0) is 32.2 Å². The van der Waals surface area contributed by atoms with Crippen LogP contribution in [0, 0.1) is 0 Å². The molecule has 1 rings (SSSR count). The van der Waals surface area contributed by atoms with E-state index in [9.17, 15) is 4.79 Å². The number of benzene rings is 1. The quantitative estimate of drug-likeness (QED) is 0.444. The summed E-state index contributed by atoms with van der Waals surface area (Å²) in [6.07, 6.45) is 3.83. The van der Waals surface area contributed by atoms with E-state index in [-0.39, 0.29) is 12.2 Å². The van der Waals surface area contributed by atoms with Crippen LogP contribution in [0.2, 0.25) is 0 Å². The molecule has 0 radical (unpaired) electrons. The van der Waals surface area contributed by atoms with Crippen LogP contribution in [0.1, 0.15) is 18.9 Å². The van der Waals surface area contributed by atoms with Gasteiger partial charge < -0.3 is 4.74 Å². The van der Waals surface area contributed by atoms with Gasteiger partial charge in [0.1, 0.15) is 0 Å². The topological polar surface area (TPSA) is 29.5 Å². The van der Waals surface area contributed by atoms with Crippen molar-refractivity contribution < 1.29 is 9.53 Å². The second-order valence-corrected chi connectivity index (χ2v) is 4.01. The lowest BCUT2D eigenvalue weighted by molar-refractivity contribution is -0.150. The Balaban J connectivity index is 2.52. The van der Waals surface area contributed by atoms with Gasteiger partial charge in [0.05, 0.1) is 0 Å². The molecule has 1 atom stereocenters. The van der Waals surface area contributed by atoms with Crippen LogP contribution in [0.4, 0.5) is 0 Å². The first-order valence-electron chi connectivity index (χ1n) is 5.73. The third-order valence-electron chi connectivity index (χ3n) is 2.39. The average Bonchev–Trinajstić information content (AvgIpc) is 2.34. The Hall–Kier alpha value is -1.61. The Morgan fingerprint density at radius 1 is 1.35 bits per heavy atom. The first kappa shape index (κ1) is 13.5. The van der Waals surface area contributed by atoms with Crippen LogP contribution in [0.15, 0.2) is 36.4 Å². The molecule has 0 amide bonds. The van der Waals surface area contributed by atoms with Crippen molar-refractivity contribution in [3.05, 3.63) is 42.0 Å². The third-order valence-corrected chi connectivity index (χ3v) is 2.39. The van der Waals surface area contributed by atoms with E-state index in [2.05, 4.69) is 0 Å². The number of carbonyl (C=O) groups is 1. The van der Waals surface area contributed by atoms with Gasteiger partial charge in [-0.2, -0.15) is 0 Å². The van der Waals surface area contributed by atoms with Crippen molar-refractivity contribution in [2.45, 2.75) is 19.6 Å². The van der Waals surface area contributed by atoms with Crippen molar-refractivity contribution in [1.29, 1.82) is 0 Å². The van der Waals surface area contributed by atoms with E-state index >= 15 is 0 Å². The summed E-state index contributed by atoms with van der Waals surface area (Å²) in [6, 6.07) is 9.67. The van der Waals surface area contributed by atoms with Gasteiger partial charge in [-0.3, -0.25) is 4.90 Å². The van der Waals surface area contributed by atoms with E-state index in [1.54, 1.807) is 6.08 Å². The monoisotopic (exact) mass is 233 g/mol. The number of rotatable bonds is 5. The highest BCUT2D eigenvalue weighted by atomic mass is 16.6. The van der Waals surface area contributed by atoms with E-state index in [0.29, 0.717) is 0 Å². The molecule has 0 aliphatic carbocycles. The average molecular weight is 233 g/mol. The summed E-state index contributed by atoms with van der Waals surface area (Å²) in [5.74, 6) is -0.311. The molecule has 0 fully saturated rings. The third kappa shape index (κ3) is 4.83. The summed E-state index contributed by atoms with van der Waals surface area (Å²) in [4.78, 5) is 13.4. The van der Waals surface area contributed by atoms with Crippen LogP contribution in [0.5, 0.6) is 0 Å². The molecule has 0 heterocycles. The maximum Gasteiger partial charge on any atom is 0.332 e. The van der Waals surface area contributed by atoms with Gasteiger partial charge in [0.25, 0.3) is 0 Å². The Kier molecular flexibility index (Phi) is 5.43. The lowest BCUT2D eigenvalue weighted by Gasteiger charge is -2.21. The minimum Gasteiger partial charge on any atom is -0.443 e. The number of ether oxygens (including phenoxy) is 1. The van der Waals surface area contributed by atoms with E-state index in [1.807, 2.05) is 56.3 Å². The molecule has 0 aliphatic heterocycles. The van der Waals surface area contributed by atoms with Crippen molar-refractivity contribution in [3.8, 4) is 0 Å². The van der Waals surface area contributed by atoms with Crippen molar-refractivity contribution in [2.75, 3.05) is 14.1 Å². The van der Waals surface area contributed by atoms with Crippen LogP contribution < -0.4 is 0 Å². The maximum atomic E-state index is 11.6. The van der Waals surface area contributed by atoms with Crippen molar-refractivity contribution in [3.63, 3.8) is 0 Å². The van der Waals surface area contributed by atoms with E-state index < -0.39 is 0 Å². The molecule has 0 aliphatic rings. The lowest BCUT2D eigenvalue weighted by atomic mass is 10.2. The van der Waals surface area contributed by atoms with Gasteiger partial charge in [-0.25, -0.2) is 4.79 Å². The van der Waals surface area contributed by atoms with Gasteiger partial charge in [0, 0.05) is 6.08 Å². The predicted molar refractivity (Wildman–Crippen MR) is 69.3 cm³/mol. The van der Waals surface area contributed by atoms with Crippen LogP contribution in [-0.2, 0) is 9.53 Å². The molecule has 3 heteroatoms. The molecule has 3 nitrogen and oxygen atoms in total. The molecule has 0 N–H and O–H groups in total. The summed E-state index contributed by atoms with van der Waals surface area (Å²) in [5.41, 5.74) is 0.988. The van der Waals surface area contributed by atoms with Gasteiger partial charge in [-0.1, -0.05) is 37.3 Å². The van der Waals surface area contributed by atoms with Gasteiger partial charge in [0.15, 0.2) is 6.23 Å². The molecule has 1 aromatic carbocycles. The van der Waals surface area contributed by atoms with E-state index in [0.717, 1.165) is 12.0 Å². The summed E-state index contributed by atoms with van der Waals surface area (Å²) < 4.78 is 5.28. The van der Waals surface area contributed by atoms with Crippen LogP contribution in [-0.4, -0.2) is 31.2 Å². The zero-order chi connectivity index (χ0) is 12.7. The van der Waals surface area contributed by atoms with Crippen molar-refractivity contribution in [1.82, 2.24) is 4.90 Å². The van der Waals surface area contributed by atoms with E-state index in [4.69, 9.17) is 4.74 Å². The normalized spacial score (nSPS) is 12.9. The zero-order valence-corrected chi connectivity index (χ0v) is 10.6. The molecule has 1 aromatic rings. The second kappa shape index (κ2) is 6.86. The first-order valence-corrected chi connectivity index (χ1v) is 5.73. The zero-order valence-electron chi connectivity index (χ0n) is 10.6. The molecular weight excluding hydrogens is 214 g/mol. The number of hydrogen-bond acceptors (Lipinski definition) is 3. The summed E-state index contributed by atoms with van der Waals surface area (Å²) in [5, 5.41) is 0. The fourth-order valence-corrected chi connectivity index (χ4v) is 1.46. The largest absolute Gasteiger partial charge is 0.443 e. The first-order chi connectivity index (χ1) is 8.13. The summed E-state index contributed by atoms with van der Waals surface area (Å²) in [6.45, 7) is 1.98. The molecule has 0 saturated heterocycles. The standard InChI is InChI=1S/C14H19NO2/c1-4-13(15(2)3)17-14(16)11-10-12-8-6-5-7-9-12/h5-11,13H,4H2,1-3H3/b11-10+.